The van der Waals surface area contributed by atoms with E-state index in [1.807, 2.05) is 12.1 Å². The fourth-order valence-electron chi connectivity index (χ4n) is 4.47. The Kier molecular flexibility index (Phi) is 5.36. The number of nitrogens with zero attached hydrogens (tertiary/aromatic N) is 3. The molecule has 28 heavy (non-hydrogen) atoms. The fraction of sp³-hybridized carbons (Fsp3) is 0.429. The van der Waals surface area contributed by atoms with E-state index in [1.54, 1.807) is 11.9 Å². The van der Waals surface area contributed by atoms with Crippen molar-refractivity contribution in [2.24, 2.45) is 0 Å². The second kappa shape index (κ2) is 7.78. The molecule has 1 saturated heterocycles. The predicted molar refractivity (Wildman–Crippen MR) is 107 cm³/mol. The molecule has 2 aromatic rings. The lowest BCUT2D eigenvalue weighted by Gasteiger charge is -2.44. The number of pyridine rings is 1. The summed E-state index contributed by atoms with van der Waals surface area (Å²) in [4.78, 5) is 21.9. The highest BCUT2D eigenvalue weighted by Crippen LogP contribution is 2.36. The van der Waals surface area contributed by atoms with Crippen LogP contribution in [0.5, 0.6) is 0 Å². The summed E-state index contributed by atoms with van der Waals surface area (Å²) in [5.41, 5.74) is 2.31. The summed E-state index contributed by atoms with van der Waals surface area (Å²) in [5, 5.41) is 3.46. The maximum atomic E-state index is 13.7. The Morgan fingerprint density at radius 2 is 1.89 bits per heavy atom. The molecule has 1 aromatic heterocycles. The molecule has 148 valence electrons. The molecule has 1 fully saturated rings. The molecule has 0 atom stereocenters. The molecule has 0 unspecified atom stereocenters. The molecule has 5 nitrogen and oxygen atoms in total. The Labute approximate surface area is 169 Å². The lowest BCUT2D eigenvalue weighted by Crippen LogP contribution is -2.63. The minimum absolute atomic E-state index is 0.0489. The smallest absolute Gasteiger partial charge is 0.243 e. The number of benzene rings is 1. The van der Waals surface area contributed by atoms with Gasteiger partial charge < -0.3 is 10.2 Å². The zero-order chi connectivity index (χ0) is 19.7. The van der Waals surface area contributed by atoms with Crippen LogP contribution < -0.4 is 5.32 Å². The van der Waals surface area contributed by atoms with E-state index in [-0.39, 0.29) is 17.6 Å². The molecule has 1 aromatic carbocycles. The Bertz CT molecular complexity index is 839. The van der Waals surface area contributed by atoms with Gasteiger partial charge in [0.1, 0.15) is 16.5 Å². The minimum Gasteiger partial charge on any atom is -0.338 e. The molecular weight excluding hydrogens is 379 g/mol. The highest BCUT2D eigenvalue weighted by molar-refractivity contribution is 6.29. The monoisotopic (exact) mass is 402 g/mol. The average molecular weight is 403 g/mol. The van der Waals surface area contributed by atoms with Crippen molar-refractivity contribution in [1.82, 2.24) is 20.1 Å². The molecule has 1 N–H and O–H groups in total. The van der Waals surface area contributed by atoms with Gasteiger partial charge in [-0.3, -0.25) is 9.69 Å². The second-order valence-electron chi connectivity index (χ2n) is 7.65. The standard InChI is InChI=1S/C21H24ClFN4O/c1-26(14-18-10-17(23)11-19(22)25-18)20(28)21(27-8-6-24-7-9-27)12-15-4-2-3-5-16(15)13-21/h2-5,10-11,24H,6-9,12-14H2,1H3. The van der Waals surface area contributed by atoms with Crippen LogP contribution in [0.4, 0.5) is 4.39 Å². The van der Waals surface area contributed by atoms with Crippen molar-refractivity contribution in [3.63, 3.8) is 0 Å². The van der Waals surface area contributed by atoms with Crippen LogP contribution in [0.2, 0.25) is 5.15 Å². The van der Waals surface area contributed by atoms with E-state index in [9.17, 15) is 9.18 Å². The van der Waals surface area contributed by atoms with Gasteiger partial charge in [-0.05, 0) is 17.2 Å². The molecule has 1 aliphatic carbocycles. The number of halogens is 2. The quantitative estimate of drug-likeness (QED) is 0.797. The third-order valence-corrected chi connectivity index (χ3v) is 5.96. The molecule has 7 heteroatoms. The SMILES string of the molecule is CN(Cc1cc(F)cc(Cl)n1)C(=O)C1(N2CCNCC2)Cc2ccccc2C1. The summed E-state index contributed by atoms with van der Waals surface area (Å²) in [6.45, 7) is 3.63. The van der Waals surface area contributed by atoms with Gasteiger partial charge in [-0.2, -0.15) is 0 Å². The summed E-state index contributed by atoms with van der Waals surface area (Å²) >= 11 is 5.88. The van der Waals surface area contributed by atoms with E-state index in [0.717, 1.165) is 26.2 Å². The number of likely N-dealkylation sites (N-methyl/N-ethyl adjacent to an activating group) is 1. The zero-order valence-electron chi connectivity index (χ0n) is 15.9. The van der Waals surface area contributed by atoms with Crippen LogP contribution >= 0.6 is 11.6 Å². The minimum atomic E-state index is -0.600. The first kappa shape index (κ1) is 19.3. The summed E-state index contributed by atoms with van der Waals surface area (Å²) in [6, 6.07) is 10.8. The average Bonchev–Trinajstić information content (AvgIpc) is 3.08. The van der Waals surface area contributed by atoms with Crippen molar-refractivity contribution in [3.05, 3.63) is 64.2 Å². The van der Waals surface area contributed by atoms with Gasteiger partial charge in [-0.1, -0.05) is 35.9 Å². The van der Waals surface area contributed by atoms with Crippen LogP contribution in [-0.2, 0) is 24.2 Å². The highest BCUT2D eigenvalue weighted by Gasteiger charge is 2.49. The lowest BCUT2D eigenvalue weighted by molar-refractivity contribution is -0.144. The van der Waals surface area contributed by atoms with Crippen LogP contribution in [-0.4, -0.2) is 59.5 Å². The molecule has 0 bridgehead atoms. The van der Waals surface area contributed by atoms with Crippen molar-refractivity contribution in [2.75, 3.05) is 33.2 Å². The Morgan fingerprint density at radius 1 is 1.25 bits per heavy atom. The van der Waals surface area contributed by atoms with E-state index in [1.165, 1.54) is 23.3 Å². The first-order valence-corrected chi connectivity index (χ1v) is 9.96. The van der Waals surface area contributed by atoms with E-state index in [2.05, 4.69) is 27.3 Å². The van der Waals surface area contributed by atoms with Crippen molar-refractivity contribution >= 4 is 17.5 Å². The van der Waals surface area contributed by atoms with Gasteiger partial charge in [0, 0.05) is 52.1 Å². The summed E-state index contributed by atoms with van der Waals surface area (Å²) in [5.74, 6) is -0.395. The van der Waals surface area contributed by atoms with Crippen molar-refractivity contribution < 1.29 is 9.18 Å². The zero-order valence-corrected chi connectivity index (χ0v) is 16.7. The number of hydrogen-bond acceptors (Lipinski definition) is 4. The largest absolute Gasteiger partial charge is 0.338 e. The maximum Gasteiger partial charge on any atom is 0.243 e. The second-order valence-corrected chi connectivity index (χ2v) is 8.04. The topological polar surface area (TPSA) is 48.5 Å². The number of nitrogens with one attached hydrogen (secondary N) is 1. The summed E-state index contributed by atoms with van der Waals surface area (Å²) < 4.78 is 13.7. The highest BCUT2D eigenvalue weighted by atomic mass is 35.5. The number of fused-ring (bicyclic) bond motifs is 1. The van der Waals surface area contributed by atoms with Gasteiger partial charge in [0.25, 0.3) is 0 Å². The Morgan fingerprint density at radius 3 is 2.50 bits per heavy atom. The number of piperazine rings is 1. The number of amides is 1. The number of carbonyl (C=O) groups excluding carboxylic acids is 1. The Hall–Kier alpha value is -2.02. The van der Waals surface area contributed by atoms with Crippen LogP contribution in [0, 0.1) is 5.82 Å². The van der Waals surface area contributed by atoms with Gasteiger partial charge in [0.2, 0.25) is 5.91 Å². The molecule has 2 aliphatic rings. The van der Waals surface area contributed by atoms with Gasteiger partial charge in [0.05, 0.1) is 12.2 Å². The molecule has 0 spiro atoms. The van der Waals surface area contributed by atoms with Crippen LogP contribution in [0.3, 0.4) is 0 Å². The molecule has 0 radical (unpaired) electrons. The third-order valence-electron chi connectivity index (χ3n) is 5.76. The molecule has 0 saturated carbocycles. The predicted octanol–water partition coefficient (Wildman–Crippen LogP) is 2.28. The lowest BCUT2D eigenvalue weighted by atomic mass is 9.90. The Balaban J connectivity index is 1.62. The van der Waals surface area contributed by atoms with Crippen LogP contribution in [0.1, 0.15) is 16.8 Å². The van der Waals surface area contributed by atoms with Crippen LogP contribution in [0.15, 0.2) is 36.4 Å². The number of rotatable bonds is 4. The van der Waals surface area contributed by atoms with Gasteiger partial charge in [-0.25, -0.2) is 9.37 Å². The van der Waals surface area contributed by atoms with Gasteiger partial charge in [-0.15, -0.1) is 0 Å². The van der Waals surface area contributed by atoms with E-state index >= 15 is 0 Å². The van der Waals surface area contributed by atoms with Crippen LogP contribution in [0.25, 0.3) is 0 Å². The normalized spacial score (nSPS) is 18.7. The molecule has 1 aliphatic heterocycles. The van der Waals surface area contributed by atoms with E-state index in [0.29, 0.717) is 18.5 Å². The third kappa shape index (κ3) is 3.64. The summed E-state index contributed by atoms with van der Waals surface area (Å²) in [6.07, 6.45) is 1.40. The fourth-order valence-corrected chi connectivity index (χ4v) is 4.68. The molecule has 4 rings (SSSR count). The van der Waals surface area contributed by atoms with Crippen molar-refractivity contribution in [2.45, 2.75) is 24.9 Å². The number of carbonyl (C=O) groups is 1. The van der Waals surface area contributed by atoms with Gasteiger partial charge >= 0.3 is 0 Å². The van der Waals surface area contributed by atoms with Gasteiger partial charge in [0.15, 0.2) is 0 Å². The first-order chi connectivity index (χ1) is 13.5. The van der Waals surface area contributed by atoms with Crippen molar-refractivity contribution in [1.29, 1.82) is 0 Å². The van der Waals surface area contributed by atoms with Crippen molar-refractivity contribution in [3.8, 4) is 0 Å². The van der Waals surface area contributed by atoms with E-state index < -0.39 is 11.4 Å². The summed E-state index contributed by atoms with van der Waals surface area (Å²) in [7, 11) is 1.76. The molecule has 1 amide bonds. The molecular formula is C21H24ClFN4O. The molecule has 2 heterocycles. The first-order valence-electron chi connectivity index (χ1n) is 9.58. The maximum absolute atomic E-state index is 13.7. The number of aromatic nitrogens is 1. The number of hydrogen-bond donors (Lipinski definition) is 1. The van der Waals surface area contributed by atoms with E-state index in [4.69, 9.17) is 11.6 Å².